The molecule has 1 aliphatic rings. The monoisotopic (exact) mass is 440 g/mol. The molecule has 1 aliphatic carbocycles. The molecule has 11 heteroatoms. The van der Waals surface area contributed by atoms with Gasteiger partial charge in [-0.15, -0.1) is 0 Å². The zero-order valence-corrected chi connectivity index (χ0v) is 15.9. The quantitative estimate of drug-likeness (QED) is 0.614. The van der Waals surface area contributed by atoms with Gasteiger partial charge in [0.2, 0.25) is 5.91 Å². The largest absolute Gasteiger partial charge is 0.336 e. The van der Waals surface area contributed by atoms with E-state index in [0.717, 1.165) is 0 Å². The number of carbonyl (C=O) groups is 3. The Morgan fingerprint density at radius 3 is 2.65 bits per heavy atom. The predicted molar refractivity (Wildman–Crippen MR) is 95.5 cm³/mol. The van der Waals surface area contributed by atoms with Crippen LogP contribution < -0.4 is 16.2 Å². The number of pyridine rings is 1. The van der Waals surface area contributed by atoms with Crippen molar-refractivity contribution in [1.29, 1.82) is 0 Å². The van der Waals surface area contributed by atoms with Crippen LogP contribution in [-0.4, -0.2) is 38.0 Å². The Morgan fingerprint density at radius 1 is 1.31 bits per heavy atom. The third kappa shape index (κ3) is 3.70. The molecule has 1 saturated carbocycles. The van der Waals surface area contributed by atoms with E-state index in [2.05, 4.69) is 42.2 Å². The van der Waals surface area contributed by atoms with Crippen LogP contribution in [0.25, 0.3) is 5.82 Å². The first-order valence-corrected chi connectivity index (χ1v) is 8.75. The highest BCUT2D eigenvalue weighted by Crippen LogP contribution is 2.36. The lowest BCUT2D eigenvalue weighted by molar-refractivity contribution is -0.129. The Kier molecular flexibility index (Phi) is 4.97. The number of hydrogen-bond donors (Lipinski definition) is 3. The molecule has 0 radical (unpaired) electrons. The molecule has 0 spiro atoms. The van der Waals surface area contributed by atoms with Crippen molar-refractivity contribution in [2.75, 3.05) is 0 Å². The summed E-state index contributed by atoms with van der Waals surface area (Å²) >= 11 is 9.37. The molecule has 0 unspecified atom stereocenters. The number of amides is 3. The molecule has 2 heterocycles. The molecule has 1 fully saturated rings. The summed E-state index contributed by atoms with van der Waals surface area (Å²) in [5.74, 6) is -1.12. The fourth-order valence-corrected chi connectivity index (χ4v) is 2.87. The van der Waals surface area contributed by atoms with Gasteiger partial charge in [-0.3, -0.25) is 25.2 Å². The number of hydrogen-bond acceptors (Lipinski definition) is 5. The maximum Gasteiger partial charge on any atom is 0.270 e. The van der Waals surface area contributed by atoms with Crippen LogP contribution in [0.3, 0.4) is 0 Å². The fourth-order valence-electron chi connectivity index (χ4n) is 2.29. The van der Waals surface area contributed by atoms with Gasteiger partial charge >= 0.3 is 0 Å². The van der Waals surface area contributed by atoms with Crippen molar-refractivity contribution in [2.24, 2.45) is 0 Å². The molecule has 0 bridgehead atoms. The average Bonchev–Trinajstić information content (AvgIpc) is 3.27. The van der Waals surface area contributed by atoms with Gasteiger partial charge in [0.25, 0.3) is 11.8 Å². The molecule has 3 N–H and O–H groups in total. The van der Waals surface area contributed by atoms with E-state index in [4.69, 9.17) is 11.6 Å². The number of halogens is 2. The van der Waals surface area contributed by atoms with E-state index >= 15 is 0 Å². The third-order valence-corrected chi connectivity index (χ3v) is 4.42. The summed E-state index contributed by atoms with van der Waals surface area (Å²) in [7, 11) is 0. The van der Waals surface area contributed by atoms with E-state index in [1.165, 1.54) is 23.9 Å². The lowest BCUT2D eigenvalue weighted by atomic mass is 10.2. The van der Waals surface area contributed by atoms with Crippen LogP contribution in [-0.2, 0) is 9.59 Å². The maximum absolute atomic E-state index is 12.7. The molecule has 2 aromatic heterocycles. The Balaban J connectivity index is 1.82. The predicted octanol–water partition coefficient (Wildman–Crippen LogP) is 1.11. The van der Waals surface area contributed by atoms with E-state index in [0.29, 0.717) is 22.5 Å². The summed E-state index contributed by atoms with van der Waals surface area (Å²) < 4.78 is 1.71. The van der Waals surface area contributed by atoms with E-state index in [9.17, 15) is 14.4 Å². The Morgan fingerprint density at radius 2 is 2.04 bits per heavy atom. The highest BCUT2D eigenvalue weighted by Gasteiger charge is 2.51. The number of nitrogens with zero attached hydrogens (tertiary/aromatic N) is 3. The summed E-state index contributed by atoms with van der Waals surface area (Å²) in [5, 5.41) is 7.20. The van der Waals surface area contributed by atoms with Crippen LogP contribution in [0.5, 0.6) is 0 Å². The number of nitrogens with one attached hydrogen (secondary N) is 3. The second kappa shape index (κ2) is 7.04. The van der Waals surface area contributed by atoms with Crippen molar-refractivity contribution in [2.45, 2.75) is 25.3 Å². The van der Waals surface area contributed by atoms with Crippen LogP contribution in [0.2, 0.25) is 5.02 Å². The van der Waals surface area contributed by atoms with Gasteiger partial charge in [0.15, 0.2) is 5.82 Å². The lowest BCUT2D eigenvalue weighted by Gasteiger charge is -2.17. The van der Waals surface area contributed by atoms with E-state index in [1.54, 1.807) is 12.1 Å². The van der Waals surface area contributed by atoms with E-state index in [-0.39, 0.29) is 11.5 Å². The zero-order valence-electron chi connectivity index (χ0n) is 13.5. The van der Waals surface area contributed by atoms with Crippen LogP contribution in [0.4, 0.5) is 0 Å². The van der Waals surface area contributed by atoms with Gasteiger partial charge in [0.05, 0.1) is 5.02 Å². The minimum Gasteiger partial charge on any atom is -0.336 e. The first kappa shape index (κ1) is 18.3. The summed E-state index contributed by atoms with van der Waals surface area (Å²) in [6.07, 6.45) is 2.45. The van der Waals surface area contributed by atoms with Crippen LogP contribution >= 0.6 is 27.5 Å². The van der Waals surface area contributed by atoms with Crippen LogP contribution in [0.15, 0.2) is 29.0 Å². The van der Waals surface area contributed by atoms with Crippen molar-refractivity contribution in [3.8, 4) is 5.82 Å². The molecule has 2 aromatic rings. The first-order chi connectivity index (χ1) is 12.3. The molecule has 3 amide bonds. The Labute approximate surface area is 161 Å². The molecule has 0 atom stereocenters. The van der Waals surface area contributed by atoms with Crippen molar-refractivity contribution in [3.63, 3.8) is 0 Å². The summed E-state index contributed by atoms with van der Waals surface area (Å²) in [6.45, 7) is 1.27. The highest BCUT2D eigenvalue weighted by molar-refractivity contribution is 9.10. The smallest absolute Gasteiger partial charge is 0.270 e. The van der Waals surface area contributed by atoms with Crippen LogP contribution in [0, 0.1) is 0 Å². The Bertz CT molecular complexity index is 895. The van der Waals surface area contributed by atoms with Gasteiger partial charge in [0, 0.05) is 19.2 Å². The van der Waals surface area contributed by atoms with Crippen molar-refractivity contribution in [3.05, 3.63) is 39.7 Å². The molecule has 0 saturated heterocycles. The molecule has 9 nitrogen and oxygen atoms in total. The second-order valence-corrected chi connectivity index (χ2v) is 6.96. The number of aromatic nitrogens is 3. The summed E-state index contributed by atoms with van der Waals surface area (Å²) in [4.78, 5) is 40.0. The highest BCUT2D eigenvalue weighted by atomic mass is 79.9. The van der Waals surface area contributed by atoms with Gasteiger partial charge in [-0.25, -0.2) is 9.67 Å². The van der Waals surface area contributed by atoms with Gasteiger partial charge in [-0.2, -0.15) is 5.10 Å². The van der Waals surface area contributed by atoms with E-state index < -0.39 is 23.3 Å². The van der Waals surface area contributed by atoms with Gasteiger partial charge < -0.3 is 5.32 Å². The molecule has 136 valence electrons. The average molecular weight is 442 g/mol. The molecule has 3 rings (SSSR count). The zero-order chi connectivity index (χ0) is 18.9. The van der Waals surface area contributed by atoms with E-state index in [1.807, 2.05) is 0 Å². The standard InChI is InChI=1S/C15H14BrClN6O3/c1-8(24)20-21-14(26)15(4-5-15)19-13(25)10-7-11(16)22-23(10)12-9(17)3-2-6-18-12/h2-3,6-7H,4-5H2,1H3,(H,19,25)(H,20,24)(H,21,26). The van der Waals surface area contributed by atoms with Gasteiger partial charge in [-0.1, -0.05) is 11.6 Å². The first-order valence-electron chi connectivity index (χ1n) is 7.58. The molecule has 0 aromatic carbocycles. The van der Waals surface area contributed by atoms with Gasteiger partial charge in [0.1, 0.15) is 15.8 Å². The lowest BCUT2D eigenvalue weighted by Crippen LogP contribution is -2.53. The molecule has 26 heavy (non-hydrogen) atoms. The van der Waals surface area contributed by atoms with Crippen molar-refractivity contribution < 1.29 is 14.4 Å². The van der Waals surface area contributed by atoms with Gasteiger partial charge in [-0.05, 0) is 40.9 Å². The maximum atomic E-state index is 12.7. The molecular weight excluding hydrogens is 428 g/mol. The normalized spacial score (nSPS) is 14.4. The summed E-state index contributed by atoms with van der Waals surface area (Å²) in [6, 6.07) is 4.79. The summed E-state index contributed by atoms with van der Waals surface area (Å²) in [5.41, 5.74) is 3.60. The van der Waals surface area contributed by atoms with Crippen molar-refractivity contribution in [1.82, 2.24) is 30.9 Å². The topological polar surface area (TPSA) is 118 Å². The number of hydrazine groups is 1. The minimum atomic E-state index is -1.06. The fraction of sp³-hybridized carbons (Fsp3) is 0.267. The van der Waals surface area contributed by atoms with Crippen LogP contribution in [0.1, 0.15) is 30.3 Å². The Hall–Kier alpha value is -2.46. The molecule has 0 aliphatic heterocycles. The molecular formula is C15H14BrClN6O3. The number of carbonyl (C=O) groups excluding carboxylic acids is 3. The number of rotatable bonds is 4. The third-order valence-electron chi connectivity index (χ3n) is 3.74. The SMILES string of the molecule is CC(=O)NNC(=O)C1(NC(=O)c2cc(Br)nn2-c2ncccc2Cl)CC1. The minimum absolute atomic E-state index is 0.163. The van der Waals surface area contributed by atoms with Crippen molar-refractivity contribution >= 4 is 45.3 Å². The second-order valence-electron chi connectivity index (χ2n) is 5.74.